The first-order valence-electron chi connectivity index (χ1n) is 5.72. The van der Waals surface area contributed by atoms with Gasteiger partial charge in [-0.1, -0.05) is 30.3 Å². The second-order valence-electron chi connectivity index (χ2n) is 4.06. The van der Waals surface area contributed by atoms with Crippen molar-refractivity contribution < 1.29 is 0 Å². The summed E-state index contributed by atoms with van der Waals surface area (Å²) in [6, 6.07) is 11.0. The number of hydrogen-bond donors (Lipinski definition) is 1. The molecule has 0 spiro atoms. The number of nitrogens with two attached hydrogens (primary N) is 1. The normalized spacial score (nSPS) is 20.1. The maximum atomic E-state index is 5.88. The maximum absolute atomic E-state index is 5.88. The quantitative estimate of drug-likeness (QED) is 0.814. The minimum absolute atomic E-state index is 0.403. The Balaban J connectivity index is 2.09. The van der Waals surface area contributed by atoms with E-state index >= 15 is 0 Å². The van der Waals surface area contributed by atoms with Crippen LogP contribution >= 0.6 is 0 Å². The number of benzene rings is 1. The zero-order valence-electron chi connectivity index (χ0n) is 9.10. The maximum Gasteiger partial charge on any atom is 0.0470 e. The van der Waals surface area contributed by atoms with Crippen LogP contribution in [0.2, 0.25) is 0 Å². The van der Waals surface area contributed by atoms with Crippen molar-refractivity contribution in [3.8, 4) is 0 Å². The third kappa shape index (κ3) is 2.58. The molecule has 2 nitrogen and oxygen atoms in total. The predicted octanol–water partition coefficient (Wildman–Crippen LogP) is 1.99. The molecule has 1 saturated heterocycles. The van der Waals surface area contributed by atoms with Crippen LogP contribution in [0.15, 0.2) is 30.3 Å². The summed E-state index contributed by atoms with van der Waals surface area (Å²) in [5.74, 6) is 0. The smallest absolute Gasteiger partial charge is 0.0470 e. The van der Waals surface area contributed by atoms with Crippen LogP contribution in [0.25, 0.3) is 0 Å². The van der Waals surface area contributed by atoms with Crippen LogP contribution < -0.4 is 5.73 Å². The Hall–Kier alpha value is -0.860. The summed E-state index contributed by atoms with van der Waals surface area (Å²) in [5.41, 5.74) is 7.23. The van der Waals surface area contributed by atoms with Gasteiger partial charge in [0.25, 0.3) is 0 Å². The molecule has 0 bridgehead atoms. The summed E-state index contributed by atoms with van der Waals surface area (Å²) in [6.45, 7) is 3.01. The van der Waals surface area contributed by atoms with Crippen LogP contribution in [-0.2, 0) is 0 Å². The summed E-state index contributed by atoms with van der Waals surface area (Å²) in [4.78, 5) is 2.50. The van der Waals surface area contributed by atoms with Crippen LogP contribution in [-0.4, -0.2) is 24.5 Å². The van der Waals surface area contributed by atoms with Gasteiger partial charge in [0.1, 0.15) is 0 Å². The second-order valence-corrected chi connectivity index (χ2v) is 4.06. The van der Waals surface area contributed by atoms with Crippen molar-refractivity contribution in [1.29, 1.82) is 0 Å². The molecule has 1 unspecified atom stereocenters. The Morgan fingerprint density at radius 3 is 2.40 bits per heavy atom. The average Bonchev–Trinajstić information content (AvgIpc) is 2.33. The summed E-state index contributed by atoms with van der Waals surface area (Å²) < 4.78 is 0. The van der Waals surface area contributed by atoms with Crippen LogP contribution in [0.4, 0.5) is 0 Å². The fraction of sp³-hybridized carbons (Fsp3) is 0.462. The highest BCUT2D eigenvalue weighted by Crippen LogP contribution is 2.22. The molecule has 1 aromatic carbocycles. The number of hydrogen-bond acceptors (Lipinski definition) is 2. The van der Waals surface area contributed by atoms with E-state index in [-0.39, 0.29) is 0 Å². The van der Waals surface area contributed by atoms with Crippen LogP contribution in [0, 0.1) is 6.42 Å². The molecule has 2 heteroatoms. The first kappa shape index (κ1) is 10.7. The number of rotatable bonds is 3. The fourth-order valence-corrected chi connectivity index (χ4v) is 2.25. The Labute approximate surface area is 92.1 Å². The molecule has 1 aliphatic rings. The van der Waals surface area contributed by atoms with E-state index in [0.29, 0.717) is 12.6 Å². The Bertz CT molecular complexity index is 278. The predicted molar refractivity (Wildman–Crippen MR) is 63.3 cm³/mol. The van der Waals surface area contributed by atoms with Crippen molar-refractivity contribution >= 4 is 0 Å². The monoisotopic (exact) mass is 203 g/mol. The van der Waals surface area contributed by atoms with Crippen molar-refractivity contribution in [2.75, 3.05) is 19.6 Å². The largest absolute Gasteiger partial charge is 0.329 e. The van der Waals surface area contributed by atoms with Gasteiger partial charge in [0, 0.05) is 12.6 Å². The van der Waals surface area contributed by atoms with E-state index in [1.165, 1.54) is 18.4 Å². The highest BCUT2D eigenvalue weighted by Gasteiger charge is 2.20. The second kappa shape index (κ2) is 5.29. The standard InChI is InChI=1S/C13H19N2/c14-11-13(12-7-3-1-4-8-12)15-9-5-2-6-10-15/h1-4,7-8,13H,5-6,9-11,14H2. The molecule has 0 saturated carbocycles. The molecule has 81 valence electrons. The van der Waals surface area contributed by atoms with Crippen molar-refractivity contribution in [2.24, 2.45) is 5.73 Å². The number of piperidine rings is 1. The number of likely N-dealkylation sites (tertiary alicyclic amines) is 1. The highest BCUT2D eigenvalue weighted by molar-refractivity contribution is 5.19. The third-order valence-corrected chi connectivity index (χ3v) is 3.09. The molecule has 1 aliphatic heterocycles. The van der Waals surface area contributed by atoms with Gasteiger partial charge < -0.3 is 5.73 Å². The van der Waals surface area contributed by atoms with Crippen molar-refractivity contribution in [2.45, 2.75) is 18.9 Å². The highest BCUT2D eigenvalue weighted by atomic mass is 15.2. The first-order chi connectivity index (χ1) is 7.42. The van der Waals surface area contributed by atoms with Gasteiger partial charge in [0.2, 0.25) is 0 Å². The van der Waals surface area contributed by atoms with Crippen LogP contribution in [0.3, 0.4) is 0 Å². The van der Waals surface area contributed by atoms with E-state index in [1.54, 1.807) is 0 Å². The number of nitrogens with zero attached hydrogens (tertiary/aromatic N) is 1. The van der Waals surface area contributed by atoms with Gasteiger partial charge >= 0.3 is 0 Å². The van der Waals surface area contributed by atoms with Crippen LogP contribution in [0.1, 0.15) is 24.4 Å². The summed E-state index contributed by atoms with van der Waals surface area (Å²) in [7, 11) is 0. The van der Waals surface area contributed by atoms with E-state index < -0.39 is 0 Å². The van der Waals surface area contributed by atoms with E-state index in [1.807, 2.05) is 0 Å². The summed E-state index contributed by atoms with van der Waals surface area (Å²) in [6.07, 6.45) is 4.77. The molecule has 1 radical (unpaired) electrons. The zero-order chi connectivity index (χ0) is 10.5. The van der Waals surface area contributed by atoms with E-state index in [0.717, 1.165) is 13.1 Å². The lowest BCUT2D eigenvalue weighted by molar-refractivity contribution is 0.186. The first-order valence-corrected chi connectivity index (χ1v) is 5.72. The van der Waals surface area contributed by atoms with E-state index in [9.17, 15) is 0 Å². The fourth-order valence-electron chi connectivity index (χ4n) is 2.25. The molecule has 2 rings (SSSR count). The molecule has 15 heavy (non-hydrogen) atoms. The van der Waals surface area contributed by atoms with Gasteiger partial charge in [-0.15, -0.1) is 0 Å². The van der Waals surface area contributed by atoms with Gasteiger partial charge in [0.05, 0.1) is 0 Å². The third-order valence-electron chi connectivity index (χ3n) is 3.09. The van der Waals surface area contributed by atoms with E-state index in [2.05, 4.69) is 41.7 Å². The molecule has 1 atom stereocenters. The Morgan fingerprint density at radius 2 is 1.80 bits per heavy atom. The minimum atomic E-state index is 0.403. The molecular weight excluding hydrogens is 184 g/mol. The van der Waals surface area contributed by atoms with Gasteiger partial charge in [-0.05, 0) is 37.9 Å². The van der Waals surface area contributed by atoms with Gasteiger partial charge in [-0.2, -0.15) is 0 Å². The lowest BCUT2D eigenvalue weighted by atomic mass is 10.0. The summed E-state index contributed by atoms with van der Waals surface area (Å²) >= 11 is 0. The van der Waals surface area contributed by atoms with E-state index in [4.69, 9.17) is 5.73 Å². The van der Waals surface area contributed by atoms with Crippen molar-refractivity contribution in [1.82, 2.24) is 4.90 Å². The minimum Gasteiger partial charge on any atom is -0.329 e. The molecular formula is C13H19N2. The molecule has 2 N–H and O–H groups in total. The molecule has 1 heterocycles. The van der Waals surface area contributed by atoms with Gasteiger partial charge in [-0.25, -0.2) is 0 Å². The SMILES string of the molecule is NCC(c1ccccc1)N1CC[CH]CC1. The summed E-state index contributed by atoms with van der Waals surface area (Å²) in [5, 5.41) is 0. The molecule has 1 fully saturated rings. The van der Waals surface area contributed by atoms with Crippen molar-refractivity contribution in [3.05, 3.63) is 42.3 Å². The lowest BCUT2D eigenvalue weighted by Gasteiger charge is -2.34. The molecule has 0 amide bonds. The molecule has 0 aliphatic carbocycles. The van der Waals surface area contributed by atoms with Crippen LogP contribution in [0.5, 0.6) is 0 Å². The van der Waals surface area contributed by atoms with Gasteiger partial charge in [-0.3, -0.25) is 4.90 Å². The Kier molecular flexibility index (Phi) is 3.75. The average molecular weight is 203 g/mol. The van der Waals surface area contributed by atoms with Gasteiger partial charge in [0.15, 0.2) is 0 Å². The Morgan fingerprint density at radius 1 is 1.13 bits per heavy atom. The zero-order valence-corrected chi connectivity index (χ0v) is 9.10. The molecule has 0 aromatic heterocycles. The lowest BCUT2D eigenvalue weighted by Crippen LogP contribution is -2.37. The van der Waals surface area contributed by atoms with Crippen molar-refractivity contribution in [3.63, 3.8) is 0 Å². The topological polar surface area (TPSA) is 29.3 Å². The molecule has 1 aromatic rings.